The number of nitrogens with one attached hydrogen (secondary N) is 2. The third kappa shape index (κ3) is 5.86. The summed E-state index contributed by atoms with van der Waals surface area (Å²) in [6, 6.07) is 11.0. The van der Waals surface area contributed by atoms with Gasteiger partial charge in [-0.1, -0.05) is 53.0 Å². The van der Waals surface area contributed by atoms with Crippen LogP contribution in [0.15, 0.2) is 53.7 Å². The first kappa shape index (κ1) is 26.8. The predicted octanol–water partition coefficient (Wildman–Crippen LogP) is 4.81. The van der Waals surface area contributed by atoms with E-state index in [1.54, 1.807) is 36.2 Å². The monoisotopic (exact) mass is 563 g/mol. The Labute approximate surface area is 227 Å². The zero-order valence-corrected chi connectivity index (χ0v) is 22.0. The molecule has 2 aromatic carbocycles. The fourth-order valence-electron chi connectivity index (χ4n) is 3.76. The molecule has 0 aliphatic carbocycles. The molecule has 2 heterocycles. The average molecular weight is 565 g/mol. The maximum absolute atomic E-state index is 14.1. The van der Waals surface area contributed by atoms with Gasteiger partial charge in [-0.2, -0.15) is 0 Å². The number of carbonyl (C=O) groups is 2. The number of ether oxygens (including phenoxy) is 1. The molecule has 0 spiro atoms. The van der Waals surface area contributed by atoms with Crippen LogP contribution in [0.1, 0.15) is 21.5 Å². The lowest BCUT2D eigenvalue weighted by molar-refractivity contribution is -0.117. The molecule has 0 saturated heterocycles. The van der Waals surface area contributed by atoms with Crippen molar-refractivity contribution in [2.24, 2.45) is 4.99 Å². The number of para-hydroxylation sites is 1. The molecule has 8 nitrogen and oxygen atoms in total. The van der Waals surface area contributed by atoms with Crippen LogP contribution in [0.4, 0.5) is 15.9 Å². The van der Waals surface area contributed by atoms with Gasteiger partial charge in [0.1, 0.15) is 11.6 Å². The van der Waals surface area contributed by atoms with E-state index in [4.69, 9.17) is 39.5 Å². The summed E-state index contributed by atoms with van der Waals surface area (Å²) in [5.74, 6) is -1.87. The van der Waals surface area contributed by atoms with Crippen molar-refractivity contribution in [2.75, 3.05) is 37.5 Å². The van der Waals surface area contributed by atoms with Gasteiger partial charge in [0.15, 0.2) is 0 Å². The Morgan fingerprint density at radius 1 is 1.19 bits per heavy atom. The molecule has 2 N–H and O–H groups in total. The number of halogens is 4. The third-order valence-corrected chi connectivity index (χ3v) is 6.34. The lowest BCUT2D eigenvalue weighted by atomic mass is 10.0. The smallest absolute Gasteiger partial charge is 0.269 e. The van der Waals surface area contributed by atoms with Gasteiger partial charge in [0.05, 0.1) is 39.8 Å². The molecule has 1 aromatic heterocycles. The van der Waals surface area contributed by atoms with E-state index in [0.29, 0.717) is 35.0 Å². The lowest BCUT2D eigenvalue weighted by Gasteiger charge is -2.21. The number of fused-ring (bicyclic) bond motifs is 1. The van der Waals surface area contributed by atoms with Crippen molar-refractivity contribution in [2.45, 2.75) is 6.17 Å². The number of hydrogen-bond donors (Lipinski definition) is 2. The van der Waals surface area contributed by atoms with Crippen LogP contribution in [-0.4, -0.2) is 56.0 Å². The van der Waals surface area contributed by atoms with Crippen molar-refractivity contribution < 1.29 is 18.7 Å². The molecule has 1 aliphatic heterocycles. The Balaban J connectivity index is 1.77. The number of benzodiazepines with no additional fused rings is 1. The minimum absolute atomic E-state index is 0.0764. The van der Waals surface area contributed by atoms with Crippen molar-refractivity contribution in [3.05, 3.63) is 86.2 Å². The fraction of sp³-hybridized carbons (Fsp3) is 0.200. The molecular weight excluding hydrogens is 544 g/mol. The number of rotatable bonds is 7. The zero-order chi connectivity index (χ0) is 26.7. The van der Waals surface area contributed by atoms with Crippen molar-refractivity contribution in [3.8, 4) is 0 Å². The molecule has 2 amide bonds. The van der Waals surface area contributed by atoms with E-state index >= 15 is 0 Å². The molecule has 12 heteroatoms. The number of nitrogens with zero attached hydrogens (tertiary/aromatic N) is 3. The molecular formula is C25H21Cl3FN5O3. The first-order valence-electron chi connectivity index (χ1n) is 11.0. The summed E-state index contributed by atoms with van der Waals surface area (Å²) >= 11 is 19.0. The summed E-state index contributed by atoms with van der Waals surface area (Å²) in [5.41, 5.74) is 1.50. The van der Waals surface area contributed by atoms with Crippen LogP contribution in [0.5, 0.6) is 0 Å². The van der Waals surface area contributed by atoms with Crippen LogP contribution in [0.3, 0.4) is 0 Å². The van der Waals surface area contributed by atoms with Gasteiger partial charge in [-0.3, -0.25) is 9.59 Å². The highest BCUT2D eigenvalue weighted by Crippen LogP contribution is 2.34. The molecule has 0 saturated carbocycles. The largest absolute Gasteiger partial charge is 0.383 e. The number of methoxy groups -OCH3 is 1. The van der Waals surface area contributed by atoms with E-state index in [2.05, 4.69) is 20.6 Å². The highest BCUT2D eigenvalue weighted by molar-refractivity contribution is 6.44. The van der Waals surface area contributed by atoms with E-state index in [0.717, 1.165) is 12.3 Å². The Bertz CT molecular complexity index is 1380. The Hall–Kier alpha value is -3.24. The van der Waals surface area contributed by atoms with Crippen molar-refractivity contribution in [3.63, 3.8) is 0 Å². The fourth-order valence-corrected chi connectivity index (χ4v) is 4.76. The molecule has 1 atom stereocenters. The second-order valence-electron chi connectivity index (χ2n) is 8.07. The highest BCUT2D eigenvalue weighted by atomic mass is 35.5. The molecule has 37 heavy (non-hydrogen) atoms. The van der Waals surface area contributed by atoms with Gasteiger partial charge in [-0.15, -0.1) is 0 Å². The second kappa shape index (κ2) is 11.4. The van der Waals surface area contributed by atoms with Crippen LogP contribution in [0, 0.1) is 5.82 Å². The number of hydrogen-bond acceptors (Lipinski definition) is 6. The van der Waals surface area contributed by atoms with Gasteiger partial charge < -0.3 is 20.3 Å². The van der Waals surface area contributed by atoms with Crippen LogP contribution < -0.4 is 15.5 Å². The van der Waals surface area contributed by atoms with Crippen molar-refractivity contribution in [1.82, 2.24) is 10.3 Å². The molecule has 0 radical (unpaired) electrons. The zero-order valence-electron chi connectivity index (χ0n) is 19.7. The van der Waals surface area contributed by atoms with Gasteiger partial charge in [0.25, 0.3) is 11.8 Å². The van der Waals surface area contributed by atoms with Crippen LogP contribution in [-0.2, 0) is 9.53 Å². The molecule has 1 unspecified atom stereocenters. The summed E-state index contributed by atoms with van der Waals surface area (Å²) < 4.78 is 19.2. The van der Waals surface area contributed by atoms with Crippen LogP contribution in [0.25, 0.3) is 0 Å². The number of likely N-dealkylation sites (N-methyl/N-ethyl adjacent to an activating group) is 1. The summed E-state index contributed by atoms with van der Waals surface area (Å²) in [5, 5.41) is 6.08. The minimum Gasteiger partial charge on any atom is -0.383 e. The summed E-state index contributed by atoms with van der Waals surface area (Å²) in [7, 11) is 3.23. The van der Waals surface area contributed by atoms with E-state index in [-0.39, 0.29) is 27.1 Å². The van der Waals surface area contributed by atoms with E-state index in [1.807, 2.05) is 0 Å². The minimum atomic E-state index is -1.40. The molecule has 4 rings (SSSR count). The number of benzene rings is 2. The number of anilines is 2. The highest BCUT2D eigenvalue weighted by Gasteiger charge is 2.30. The first-order valence-corrected chi connectivity index (χ1v) is 12.1. The summed E-state index contributed by atoms with van der Waals surface area (Å²) in [6.45, 7) is 0.751. The number of carbonyl (C=O) groups excluding carboxylic acids is 2. The molecule has 192 valence electrons. The van der Waals surface area contributed by atoms with Crippen molar-refractivity contribution in [1.29, 1.82) is 0 Å². The van der Waals surface area contributed by atoms with E-state index < -0.39 is 23.8 Å². The number of aromatic nitrogens is 1. The Kier molecular flexibility index (Phi) is 8.29. The average Bonchev–Trinajstić information content (AvgIpc) is 2.98. The second-order valence-corrected chi connectivity index (χ2v) is 9.32. The Morgan fingerprint density at radius 2 is 1.89 bits per heavy atom. The SMILES string of the molecule is COCCN(C)c1ncc(F)cc1C(=O)NC1N=C(c2c(Cl)cc(Cl)cc2Cl)c2ccccc2NC1=O. The van der Waals surface area contributed by atoms with Gasteiger partial charge >= 0.3 is 0 Å². The number of aliphatic imine (C=N–C) groups is 1. The van der Waals surface area contributed by atoms with Gasteiger partial charge in [-0.05, 0) is 24.3 Å². The maximum atomic E-state index is 14.1. The summed E-state index contributed by atoms with van der Waals surface area (Å²) in [4.78, 5) is 36.7. The normalized spacial score (nSPS) is 14.8. The lowest BCUT2D eigenvalue weighted by Crippen LogP contribution is -2.43. The molecule has 1 aliphatic rings. The van der Waals surface area contributed by atoms with Crippen LogP contribution in [0.2, 0.25) is 15.1 Å². The van der Waals surface area contributed by atoms with Crippen molar-refractivity contribution >= 4 is 63.8 Å². The predicted molar refractivity (Wildman–Crippen MR) is 143 cm³/mol. The molecule has 0 bridgehead atoms. The number of pyridine rings is 1. The van der Waals surface area contributed by atoms with E-state index in [1.165, 1.54) is 19.2 Å². The molecule has 3 aromatic rings. The first-order chi connectivity index (χ1) is 17.7. The quantitative estimate of drug-likeness (QED) is 0.429. The van der Waals surface area contributed by atoms with Gasteiger partial charge in [-0.25, -0.2) is 14.4 Å². The van der Waals surface area contributed by atoms with Gasteiger partial charge in [0.2, 0.25) is 6.17 Å². The maximum Gasteiger partial charge on any atom is 0.269 e. The van der Waals surface area contributed by atoms with Crippen LogP contribution >= 0.6 is 34.8 Å². The van der Waals surface area contributed by atoms with Gasteiger partial charge in [0, 0.05) is 36.9 Å². The summed E-state index contributed by atoms with van der Waals surface area (Å²) in [6.07, 6.45) is -0.399. The standard InChI is InChI=1S/C25H21Cl3FN5O3/c1-34(7-8-37-2)23-16(11-14(29)12-30-23)24(35)33-22-25(36)31-19-6-4-3-5-15(19)21(32-22)20-17(27)9-13(26)10-18(20)28/h3-6,9-12,22H,7-8H2,1-2H3,(H,31,36)(H,33,35). The topological polar surface area (TPSA) is 95.9 Å². The number of amides is 2. The third-order valence-electron chi connectivity index (χ3n) is 5.53. The molecule has 0 fully saturated rings. The Morgan fingerprint density at radius 3 is 2.59 bits per heavy atom. The van der Waals surface area contributed by atoms with E-state index in [9.17, 15) is 14.0 Å².